The molecule has 0 bridgehead atoms. The molecule has 0 amide bonds. The van der Waals surface area contributed by atoms with E-state index in [4.69, 9.17) is 10.2 Å². The third-order valence-corrected chi connectivity index (χ3v) is 5.09. The summed E-state index contributed by atoms with van der Waals surface area (Å²) < 4.78 is 1.98. The highest BCUT2D eigenvalue weighted by Crippen LogP contribution is 2.32. The van der Waals surface area contributed by atoms with Crippen molar-refractivity contribution in [3.63, 3.8) is 0 Å². The maximum atomic E-state index is 8.90. The van der Waals surface area contributed by atoms with Gasteiger partial charge in [-0.25, -0.2) is 19.9 Å². The minimum Gasteiger partial charge on any atom is -0.340 e. The molecular formula is C21H24N8. The van der Waals surface area contributed by atoms with E-state index >= 15 is 0 Å². The number of aromatic nitrogens is 5. The fourth-order valence-corrected chi connectivity index (χ4v) is 3.78. The first-order valence-electron chi connectivity index (χ1n) is 9.80. The molecule has 1 aliphatic rings. The zero-order valence-corrected chi connectivity index (χ0v) is 16.7. The van der Waals surface area contributed by atoms with E-state index in [2.05, 4.69) is 31.4 Å². The van der Waals surface area contributed by atoms with E-state index < -0.39 is 0 Å². The van der Waals surface area contributed by atoms with Gasteiger partial charge in [-0.2, -0.15) is 5.26 Å². The van der Waals surface area contributed by atoms with Gasteiger partial charge in [0.1, 0.15) is 23.4 Å². The Balaban J connectivity index is 1.56. The van der Waals surface area contributed by atoms with Gasteiger partial charge in [0.05, 0.1) is 35.6 Å². The lowest BCUT2D eigenvalue weighted by molar-refractivity contribution is 0.135. The topological polar surface area (TPSA) is 95.6 Å². The number of nitriles is 1. The number of nitrogens with one attached hydrogen (secondary N) is 1. The predicted molar refractivity (Wildman–Crippen MR) is 109 cm³/mol. The molecule has 4 rings (SSSR count). The molecule has 8 nitrogen and oxygen atoms in total. The van der Waals surface area contributed by atoms with Crippen LogP contribution in [0.25, 0.3) is 0 Å². The minimum absolute atomic E-state index is 0.243. The number of nitrogens with zero attached hydrogens (tertiary/aromatic N) is 7. The molecule has 0 aromatic carbocycles. The van der Waals surface area contributed by atoms with E-state index in [-0.39, 0.29) is 6.04 Å². The summed E-state index contributed by atoms with van der Waals surface area (Å²) in [5.41, 5.74) is 3.29. The van der Waals surface area contributed by atoms with E-state index in [1.807, 2.05) is 43.1 Å². The van der Waals surface area contributed by atoms with Crippen LogP contribution >= 0.6 is 0 Å². The van der Waals surface area contributed by atoms with Crippen LogP contribution in [0.1, 0.15) is 48.2 Å². The number of pyridine rings is 1. The van der Waals surface area contributed by atoms with Crippen LogP contribution in [0.4, 0.5) is 11.5 Å². The Morgan fingerprint density at radius 1 is 1.24 bits per heavy atom. The summed E-state index contributed by atoms with van der Waals surface area (Å²) in [6.07, 6.45) is 9.01. The Kier molecular flexibility index (Phi) is 5.49. The summed E-state index contributed by atoms with van der Waals surface area (Å²) in [7, 11) is 1.99. The molecule has 0 spiro atoms. The Labute approximate surface area is 170 Å². The monoisotopic (exact) mass is 388 g/mol. The van der Waals surface area contributed by atoms with E-state index in [1.54, 1.807) is 12.3 Å². The number of hydrogen-bond donors (Lipinski definition) is 1. The van der Waals surface area contributed by atoms with Crippen LogP contribution in [0.5, 0.6) is 0 Å². The summed E-state index contributed by atoms with van der Waals surface area (Å²) in [5, 5.41) is 12.2. The second-order valence-corrected chi connectivity index (χ2v) is 7.41. The Morgan fingerprint density at radius 2 is 2.14 bits per heavy atom. The minimum atomic E-state index is 0.243. The van der Waals surface area contributed by atoms with Crippen LogP contribution in [0, 0.1) is 18.3 Å². The molecular weight excluding hydrogens is 364 g/mol. The van der Waals surface area contributed by atoms with Crippen molar-refractivity contribution < 1.29 is 0 Å². The number of aryl methyl sites for hydroxylation is 2. The Hall–Kier alpha value is -3.31. The summed E-state index contributed by atoms with van der Waals surface area (Å²) in [6.45, 7) is 3.76. The highest BCUT2D eigenvalue weighted by Gasteiger charge is 2.26. The van der Waals surface area contributed by atoms with Gasteiger partial charge in [-0.15, -0.1) is 0 Å². The molecule has 3 aromatic heterocycles. The van der Waals surface area contributed by atoms with Gasteiger partial charge in [0.25, 0.3) is 0 Å². The summed E-state index contributed by atoms with van der Waals surface area (Å²) in [5.74, 6) is 1.47. The van der Waals surface area contributed by atoms with Gasteiger partial charge in [0.15, 0.2) is 0 Å². The molecule has 1 fully saturated rings. The first-order chi connectivity index (χ1) is 14.1. The van der Waals surface area contributed by atoms with Crippen molar-refractivity contribution in [3.05, 3.63) is 59.8 Å². The molecule has 1 atom stereocenters. The molecule has 3 aromatic rings. The predicted octanol–water partition coefficient (Wildman–Crippen LogP) is 3.26. The SMILES string of the molecule is Cc1nc(Nc2ccc(C#N)nc2)cc([C@H]2CCCCN2Cc2cn(C)cn2)n1. The highest BCUT2D eigenvalue weighted by molar-refractivity contribution is 5.55. The molecule has 0 radical (unpaired) electrons. The zero-order chi connectivity index (χ0) is 20.2. The van der Waals surface area contributed by atoms with E-state index in [1.165, 1.54) is 12.8 Å². The van der Waals surface area contributed by atoms with Crippen molar-refractivity contribution in [2.45, 2.75) is 38.8 Å². The van der Waals surface area contributed by atoms with E-state index in [0.717, 1.165) is 48.2 Å². The van der Waals surface area contributed by atoms with Crippen molar-refractivity contribution >= 4 is 11.5 Å². The van der Waals surface area contributed by atoms with Gasteiger partial charge >= 0.3 is 0 Å². The number of rotatable bonds is 5. The fourth-order valence-electron chi connectivity index (χ4n) is 3.78. The van der Waals surface area contributed by atoms with Gasteiger partial charge in [-0.3, -0.25) is 4.90 Å². The van der Waals surface area contributed by atoms with Crippen LogP contribution in [-0.4, -0.2) is 35.9 Å². The molecule has 148 valence electrons. The molecule has 1 saturated heterocycles. The van der Waals surface area contributed by atoms with E-state index in [0.29, 0.717) is 5.69 Å². The van der Waals surface area contributed by atoms with Crippen molar-refractivity contribution in [3.8, 4) is 6.07 Å². The largest absolute Gasteiger partial charge is 0.340 e. The lowest BCUT2D eigenvalue weighted by Crippen LogP contribution is -2.33. The quantitative estimate of drug-likeness (QED) is 0.717. The molecule has 29 heavy (non-hydrogen) atoms. The normalized spacial score (nSPS) is 17.1. The molecule has 1 aliphatic heterocycles. The lowest BCUT2D eigenvalue weighted by Gasteiger charge is -2.35. The van der Waals surface area contributed by atoms with Gasteiger partial charge in [-0.05, 0) is 38.4 Å². The third kappa shape index (κ3) is 4.58. The van der Waals surface area contributed by atoms with Crippen molar-refractivity contribution in [1.82, 2.24) is 29.4 Å². The molecule has 0 aliphatic carbocycles. The second kappa shape index (κ2) is 8.37. The Morgan fingerprint density at radius 3 is 2.86 bits per heavy atom. The first-order valence-corrected chi connectivity index (χ1v) is 9.80. The Bertz CT molecular complexity index is 1020. The van der Waals surface area contributed by atoms with Crippen LogP contribution in [-0.2, 0) is 13.6 Å². The van der Waals surface area contributed by atoms with Gasteiger partial charge in [0.2, 0.25) is 0 Å². The third-order valence-electron chi connectivity index (χ3n) is 5.09. The number of piperidine rings is 1. The number of hydrogen-bond acceptors (Lipinski definition) is 7. The molecule has 8 heteroatoms. The average molecular weight is 388 g/mol. The molecule has 0 unspecified atom stereocenters. The van der Waals surface area contributed by atoms with Gasteiger partial charge in [0, 0.05) is 25.9 Å². The van der Waals surface area contributed by atoms with Crippen LogP contribution in [0.3, 0.4) is 0 Å². The maximum absolute atomic E-state index is 8.90. The van der Waals surface area contributed by atoms with Crippen molar-refractivity contribution in [2.24, 2.45) is 7.05 Å². The number of imidazole rings is 1. The maximum Gasteiger partial charge on any atom is 0.140 e. The highest BCUT2D eigenvalue weighted by atomic mass is 15.2. The van der Waals surface area contributed by atoms with Crippen LogP contribution < -0.4 is 5.32 Å². The molecule has 1 N–H and O–H groups in total. The van der Waals surface area contributed by atoms with Crippen molar-refractivity contribution in [1.29, 1.82) is 5.26 Å². The summed E-state index contributed by atoms with van der Waals surface area (Å²) >= 11 is 0. The molecule has 0 saturated carbocycles. The van der Waals surface area contributed by atoms with Gasteiger partial charge < -0.3 is 9.88 Å². The smallest absolute Gasteiger partial charge is 0.140 e. The standard InChI is InChI=1S/C21H24N8/c1-15-25-19(9-21(26-15)27-17-7-6-16(10-22)23-11-17)20-5-3-4-8-29(20)13-18-12-28(2)14-24-18/h6-7,9,11-12,14,20H,3-5,8,13H2,1-2H3,(H,25,26,27)/t20-/m1/s1. The van der Waals surface area contributed by atoms with Crippen LogP contribution in [0.15, 0.2) is 36.9 Å². The number of likely N-dealkylation sites (tertiary alicyclic amines) is 1. The van der Waals surface area contributed by atoms with E-state index in [9.17, 15) is 0 Å². The van der Waals surface area contributed by atoms with Crippen molar-refractivity contribution in [2.75, 3.05) is 11.9 Å². The molecule has 4 heterocycles. The second-order valence-electron chi connectivity index (χ2n) is 7.41. The van der Waals surface area contributed by atoms with Gasteiger partial charge in [-0.1, -0.05) is 6.42 Å². The lowest BCUT2D eigenvalue weighted by atomic mass is 9.98. The fraction of sp³-hybridized carbons (Fsp3) is 0.381. The summed E-state index contributed by atoms with van der Waals surface area (Å²) in [6, 6.07) is 7.81. The summed E-state index contributed by atoms with van der Waals surface area (Å²) in [4.78, 5) is 20.3. The first kappa shape index (κ1) is 19.0. The number of anilines is 2. The average Bonchev–Trinajstić information content (AvgIpc) is 3.13. The zero-order valence-electron chi connectivity index (χ0n) is 16.7. The van der Waals surface area contributed by atoms with Crippen LogP contribution in [0.2, 0.25) is 0 Å².